The average Bonchev–Trinajstić information content (AvgIpc) is 2.28. The Morgan fingerprint density at radius 3 is 2.22 bits per heavy atom. The highest BCUT2D eigenvalue weighted by Gasteiger charge is 2.41. The number of hydrogen-bond acceptors (Lipinski definition) is 3. The van der Waals surface area contributed by atoms with Gasteiger partial charge in [0.25, 0.3) is 0 Å². The summed E-state index contributed by atoms with van der Waals surface area (Å²) in [5.41, 5.74) is 0.766. The molecule has 0 radical (unpaired) electrons. The quantitative estimate of drug-likeness (QED) is 0.769. The van der Waals surface area contributed by atoms with Crippen LogP contribution in [0.15, 0.2) is 0 Å². The number of nitrogens with one attached hydrogen (secondary N) is 1. The maximum absolute atomic E-state index is 3.47. The van der Waals surface area contributed by atoms with Crippen molar-refractivity contribution < 1.29 is 0 Å². The van der Waals surface area contributed by atoms with E-state index in [0.717, 1.165) is 13.1 Å². The first kappa shape index (κ1) is 14.3. The van der Waals surface area contributed by atoms with E-state index >= 15 is 0 Å². The van der Waals surface area contributed by atoms with Crippen LogP contribution >= 0.6 is 0 Å². The Labute approximate surface area is 113 Å². The summed E-state index contributed by atoms with van der Waals surface area (Å²) in [6.07, 6.45) is 1.32. The molecule has 0 amide bonds. The maximum atomic E-state index is 3.47. The van der Waals surface area contributed by atoms with Gasteiger partial charge in [0.2, 0.25) is 0 Å². The first-order valence-electron chi connectivity index (χ1n) is 7.50. The summed E-state index contributed by atoms with van der Waals surface area (Å²) in [5, 5.41) is 3.47. The first-order chi connectivity index (χ1) is 8.31. The van der Waals surface area contributed by atoms with Crippen LogP contribution in [0.2, 0.25) is 0 Å². The molecule has 1 N–H and O–H groups in total. The van der Waals surface area contributed by atoms with E-state index in [-0.39, 0.29) is 0 Å². The van der Waals surface area contributed by atoms with Gasteiger partial charge in [0.05, 0.1) is 0 Å². The van der Waals surface area contributed by atoms with Crippen LogP contribution in [-0.2, 0) is 0 Å². The van der Waals surface area contributed by atoms with Gasteiger partial charge in [-0.05, 0) is 39.2 Å². The monoisotopic (exact) mass is 253 g/mol. The molecule has 3 nitrogen and oxygen atoms in total. The van der Waals surface area contributed by atoms with Gasteiger partial charge in [-0.3, -0.25) is 9.80 Å². The predicted octanol–water partition coefficient (Wildman–Crippen LogP) is 1.79. The van der Waals surface area contributed by atoms with Crippen molar-refractivity contribution in [2.75, 3.05) is 39.3 Å². The van der Waals surface area contributed by atoms with E-state index in [2.05, 4.69) is 49.7 Å². The highest BCUT2D eigenvalue weighted by Crippen LogP contribution is 2.36. The highest BCUT2D eigenvalue weighted by atomic mass is 15.3. The summed E-state index contributed by atoms with van der Waals surface area (Å²) in [6.45, 7) is 19.2. The summed E-state index contributed by atoms with van der Waals surface area (Å²) < 4.78 is 0. The maximum Gasteiger partial charge on any atom is 0.0275 e. The molecule has 3 heteroatoms. The van der Waals surface area contributed by atoms with E-state index in [4.69, 9.17) is 0 Å². The van der Waals surface area contributed by atoms with Crippen molar-refractivity contribution in [1.82, 2.24) is 15.1 Å². The second-order valence-electron chi connectivity index (χ2n) is 7.66. The molecule has 0 bridgehead atoms. The van der Waals surface area contributed by atoms with Crippen LogP contribution < -0.4 is 5.32 Å². The number of rotatable bonds is 1. The van der Waals surface area contributed by atoms with Crippen LogP contribution in [0.5, 0.6) is 0 Å². The van der Waals surface area contributed by atoms with Crippen LogP contribution in [0.1, 0.15) is 41.0 Å². The summed E-state index contributed by atoms with van der Waals surface area (Å²) in [5.74, 6) is 0. The van der Waals surface area contributed by atoms with Gasteiger partial charge in [-0.25, -0.2) is 0 Å². The predicted molar refractivity (Wildman–Crippen MR) is 78.0 cm³/mol. The van der Waals surface area contributed by atoms with Crippen LogP contribution in [-0.4, -0.2) is 60.6 Å². The zero-order valence-electron chi connectivity index (χ0n) is 12.9. The molecule has 0 aromatic carbocycles. The Balaban J connectivity index is 2.08. The van der Waals surface area contributed by atoms with Crippen LogP contribution in [0.3, 0.4) is 0 Å². The number of hydrogen-bond donors (Lipinski definition) is 1. The van der Waals surface area contributed by atoms with Crippen molar-refractivity contribution in [2.45, 2.75) is 52.6 Å². The standard InChI is InChI=1S/C15H31N3/c1-14(2,3)18-9-6-15(4,5)13(12-18)17-10-7-16-8-11-17/h13,16H,6-12H2,1-5H3. The second kappa shape index (κ2) is 5.10. The lowest BCUT2D eigenvalue weighted by Gasteiger charge is -2.53. The fourth-order valence-corrected chi connectivity index (χ4v) is 3.35. The van der Waals surface area contributed by atoms with E-state index in [1.54, 1.807) is 0 Å². The van der Waals surface area contributed by atoms with Crippen molar-refractivity contribution in [2.24, 2.45) is 5.41 Å². The molecule has 2 saturated heterocycles. The third-order valence-electron chi connectivity index (χ3n) is 4.86. The molecule has 0 saturated carbocycles. The average molecular weight is 253 g/mol. The van der Waals surface area contributed by atoms with Gasteiger partial charge in [0.15, 0.2) is 0 Å². The molecule has 2 heterocycles. The van der Waals surface area contributed by atoms with Crippen molar-refractivity contribution in [3.05, 3.63) is 0 Å². The third kappa shape index (κ3) is 3.06. The molecule has 2 rings (SSSR count). The molecule has 0 aliphatic carbocycles. The van der Waals surface area contributed by atoms with E-state index in [1.165, 1.54) is 32.6 Å². The van der Waals surface area contributed by atoms with Crippen LogP contribution in [0.25, 0.3) is 0 Å². The summed E-state index contributed by atoms with van der Waals surface area (Å²) >= 11 is 0. The molecule has 2 fully saturated rings. The summed E-state index contributed by atoms with van der Waals surface area (Å²) in [7, 11) is 0. The van der Waals surface area contributed by atoms with Gasteiger partial charge in [0, 0.05) is 44.3 Å². The molecule has 0 aromatic heterocycles. The lowest BCUT2D eigenvalue weighted by molar-refractivity contribution is -0.0296. The number of likely N-dealkylation sites (tertiary alicyclic amines) is 1. The fourth-order valence-electron chi connectivity index (χ4n) is 3.35. The molecule has 2 aliphatic heterocycles. The van der Waals surface area contributed by atoms with E-state index in [9.17, 15) is 0 Å². The van der Waals surface area contributed by atoms with Crippen molar-refractivity contribution in [1.29, 1.82) is 0 Å². The molecule has 106 valence electrons. The fraction of sp³-hybridized carbons (Fsp3) is 1.00. The largest absolute Gasteiger partial charge is 0.314 e. The Bertz CT molecular complexity index is 274. The van der Waals surface area contributed by atoms with Crippen molar-refractivity contribution >= 4 is 0 Å². The summed E-state index contributed by atoms with van der Waals surface area (Å²) in [4.78, 5) is 5.39. The summed E-state index contributed by atoms with van der Waals surface area (Å²) in [6, 6.07) is 0.715. The normalized spacial score (nSPS) is 31.5. The molecular weight excluding hydrogens is 222 g/mol. The van der Waals surface area contributed by atoms with Gasteiger partial charge in [-0.1, -0.05) is 13.8 Å². The Morgan fingerprint density at radius 2 is 1.67 bits per heavy atom. The molecule has 0 aromatic rings. The van der Waals surface area contributed by atoms with Crippen LogP contribution in [0, 0.1) is 5.41 Å². The zero-order valence-corrected chi connectivity index (χ0v) is 12.9. The van der Waals surface area contributed by atoms with Crippen molar-refractivity contribution in [3.8, 4) is 0 Å². The second-order valence-corrected chi connectivity index (χ2v) is 7.66. The van der Waals surface area contributed by atoms with Crippen molar-refractivity contribution in [3.63, 3.8) is 0 Å². The number of piperidine rings is 1. The Morgan fingerprint density at radius 1 is 1.06 bits per heavy atom. The van der Waals surface area contributed by atoms with Crippen LogP contribution in [0.4, 0.5) is 0 Å². The molecule has 1 atom stereocenters. The minimum absolute atomic E-state index is 0.308. The van der Waals surface area contributed by atoms with Gasteiger partial charge >= 0.3 is 0 Å². The lowest BCUT2D eigenvalue weighted by atomic mass is 9.76. The smallest absolute Gasteiger partial charge is 0.0275 e. The van der Waals surface area contributed by atoms with Gasteiger partial charge in [-0.15, -0.1) is 0 Å². The number of piperazine rings is 1. The molecule has 1 unspecified atom stereocenters. The minimum atomic E-state index is 0.308. The first-order valence-corrected chi connectivity index (χ1v) is 7.50. The van der Waals surface area contributed by atoms with E-state index < -0.39 is 0 Å². The van der Waals surface area contributed by atoms with Gasteiger partial charge in [0.1, 0.15) is 0 Å². The van der Waals surface area contributed by atoms with E-state index in [0.29, 0.717) is 17.0 Å². The third-order valence-corrected chi connectivity index (χ3v) is 4.86. The topological polar surface area (TPSA) is 18.5 Å². The molecule has 18 heavy (non-hydrogen) atoms. The van der Waals surface area contributed by atoms with E-state index in [1.807, 2.05) is 0 Å². The van der Waals surface area contributed by atoms with Gasteiger partial charge in [-0.2, -0.15) is 0 Å². The van der Waals surface area contributed by atoms with Gasteiger partial charge < -0.3 is 5.32 Å². The Kier molecular flexibility index (Phi) is 4.05. The molecule has 2 aliphatic rings. The zero-order chi connectivity index (χ0) is 13.4. The number of nitrogens with zero attached hydrogens (tertiary/aromatic N) is 2. The molecule has 0 spiro atoms. The molecular formula is C15H31N3. The Hall–Kier alpha value is -0.120. The highest BCUT2D eigenvalue weighted by molar-refractivity contribution is 4.97. The minimum Gasteiger partial charge on any atom is -0.314 e. The SMILES string of the molecule is CC1(C)CCN(C(C)(C)C)CC1N1CCNCC1. The lowest BCUT2D eigenvalue weighted by Crippen LogP contribution is -2.62.